The van der Waals surface area contributed by atoms with Gasteiger partial charge in [0.15, 0.2) is 0 Å². The Bertz CT molecular complexity index is 693. The van der Waals surface area contributed by atoms with Crippen molar-refractivity contribution in [2.45, 2.75) is 46.1 Å². The van der Waals surface area contributed by atoms with Crippen molar-refractivity contribution < 1.29 is 14.3 Å². The molecular weight excluding hydrogens is 294 g/mol. The second-order valence-corrected chi connectivity index (χ2v) is 5.64. The zero-order valence-corrected chi connectivity index (χ0v) is 13.8. The van der Waals surface area contributed by atoms with E-state index in [0.717, 1.165) is 24.1 Å². The SMILES string of the molecule is CCCCOC(=O)[C@@H](C)NC(=O)Cc1cn2cccc(C)c2n1. The summed E-state index contributed by atoms with van der Waals surface area (Å²) in [7, 11) is 0. The van der Waals surface area contributed by atoms with Crippen molar-refractivity contribution in [3.05, 3.63) is 35.8 Å². The van der Waals surface area contributed by atoms with E-state index < -0.39 is 12.0 Å². The lowest BCUT2D eigenvalue weighted by molar-refractivity contribution is -0.147. The lowest BCUT2D eigenvalue weighted by Crippen LogP contribution is -2.40. The molecule has 0 aliphatic heterocycles. The Morgan fingerprint density at radius 2 is 2.22 bits per heavy atom. The molecule has 0 unspecified atom stereocenters. The van der Waals surface area contributed by atoms with Gasteiger partial charge in [-0.15, -0.1) is 0 Å². The summed E-state index contributed by atoms with van der Waals surface area (Å²) in [6, 6.07) is 3.25. The molecule has 0 bridgehead atoms. The van der Waals surface area contributed by atoms with Gasteiger partial charge in [-0.1, -0.05) is 19.4 Å². The molecule has 1 amide bonds. The molecular formula is C17H23N3O3. The number of unbranched alkanes of at least 4 members (excludes halogenated alkanes) is 1. The standard InChI is InChI=1S/C17H23N3O3/c1-4-5-9-23-17(22)13(3)18-15(21)10-14-11-20-8-6-7-12(2)16(20)19-14/h6-8,11,13H,4-5,9-10H2,1-3H3,(H,18,21)/t13-/m1/s1. The monoisotopic (exact) mass is 317 g/mol. The van der Waals surface area contributed by atoms with Crippen molar-refractivity contribution >= 4 is 17.5 Å². The molecule has 1 atom stereocenters. The number of amides is 1. The van der Waals surface area contributed by atoms with Gasteiger partial charge in [0.05, 0.1) is 18.7 Å². The van der Waals surface area contributed by atoms with Crippen molar-refractivity contribution in [1.82, 2.24) is 14.7 Å². The molecule has 0 aliphatic rings. The highest BCUT2D eigenvalue weighted by atomic mass is 16.5. The van der Waals surface area contributed by atoms with E-state index in [-0.39, 0.29) is 12.3 Å². The predicted octanol–water partition coefficient (Wildman–Crippen LogP) is 2.03. The summed E-state index contributed by atoms with van der Waals surface area (Å²) in [4.78, 5) is 28.2. The first-order chi connectivity index (χ1) is 11.0. The Balaban J connectivity index is 1.90. The van der Waals surface area contributed by atoms with Crippen molar-refractivity contribution in [2.24, 2.45) is 0 Å². The van der Waals surface area contributed by atoms with E-state index in [0.29, 0.717) is 12.3 Å². The quantitative estimate of drug-likeness (QED) is 0.626. The van der Waals surface area contributed by atoms with E-state index in [9.17, 15) is 9.59 Å². The van der Waals surface area contributed by atoms with Crippen LogP contribution in [0, 0.1) is 6.92 Å². The average molecular weight is 317 g/mol. The third-order valence-electron chi connectivity index (χ3n) is 3.54. The number of aromatic nitrogens is 2. The molecule has 6 nitrogen and oxygen atoms in total. The van der Waals surface area contributed by atoms with Crippen LogP contribution >= 0.6 is 0 Å². The van der Waals surface area contributed by atoms with Crippen LogP contribution in [-0.4, -0.2) is 33.9 Å². The first kappa shape index (κ1) is 17.0. The van der Waals surface area contributed by atoms with Gasteiger partial charge in [0.2, 0.25) is 5.91 Å². The average Bonchev–Trinajstić information content (AvgIpc) is 2.91. The number of pyridine rings is 1. The molecule has 0 saturated carbocycles. The lowest BCUT2D eigenvalue weighted by Gasteiger charge is -2.12. The summed E-state index contributed by atoms with van der Waals surface area (Å²) >= 11 is 0. The third kappa shape index (κ3) is 4.55. The van der Waals surface area contributed by atoms with Gasteiger partial charge in [0.1, 0.15) is 11.7 Å². The first-order valence-corrected chi connectivity index (χ1v) is 7.90. The first-order valence-electron chi connectivity index (χ1n) is 7.90. The Hall–Kier alpha value is -2.37. The smallest absolute Gasteiger partial charge is 0.328 e. The number of hydrogen-bond donors (Lipinski definition) is 1. The Morgan fingerprint density at radius 3 is 2.91 bits per heavy atom. The normalized spacial score (nSPS) is 12.1. The van der Waals surface area contributed by atoms with Crippen LogP contribution in [0.15, 0.2) is 24.5 Å². The van der Waals surface area contributed by atoms with Crippen molar-refractivity contribution in [3.8, 4) is 0 Å². The molecule has 0 saturated heterocycles. The Labute approximate surface area is 135 Å². The van der Waals surface area contributed by atoms with Crippen LogP contribution in [-0.2, 0) is 20.7 Å². The summed E-state index contributed by atoms with van der Waals surface area (Å²) in [6.07, 6.45) is 5.64. The minimum atomic E-state index is -0.655. The highest BCUT2D eigenvalue weighted by Crippen LogP contribution is 2.10. The van der Waals surface area contributed by atoms with Crippen molar-refractivity contribution in [2.75, 3.05) is 6.61 Å². The van der Waals surface area contributed by atoms with Gasteiger partial charge in [-0.2, -0.15) is 0 Å². The number of carbonyl (C=O) groups excluding carboxylic acids is 2. The third-order valence-corrected chi connectivity index (χ3v) is 3.54. The second-order valence-electron chi connectivity index (χ2n) is 5.64. The van der Waals surface area contributed by atoms with E-state index in [1.807, 2.05) is 42.8 Å². The number of fused-ring (bicyclic) bond motifs is 1. The number of aryl methyl sites for hydroxylation is 1. The minimum Gasteiger partial charge on any atom is -0.464 e. The number of imidazole rings is 1. The molecule has 124 valence electrons. The van der Waals surface area contributed by atoms with Crippen LogP contribution in [0.5, 0.6) is 0 Å². The number of carbonyl (C=O) groups is 2. The van der Waals surface area contributed by atoms with E-state index in [2.05, 4.69) is 10.3 Å². The zero-order valence-electron chi connectivity index (χ0n) is 13.8. The number of nitrogens with one attached hydrogen (secondary N) is 1. The molecule has 0 fully saturated rings. The predicted molar refractivity (Wildman–Crippen MR) is 87.1 cm³/mol. The van der Waals surface area contributed by atoms with Crippen molar-refractivity contribution in [1.29, 1.82) is 0 Å². The number of ether oxygens (including phenoxy) is 1. The second kappa shape index (κ2) is 7.76. The van der Waals surface area contributed by atoms with Gasteiger partial charge < -0.3 is 14.5 Å². The summed E-state index contributed by atoms with van der Waals surface area (Å²) < 4.78 is 6.97. The number of rotatable bonds is 7. The molecule has 1 N–H and O–H groups in total. The van der Waals surface area contributed by atoms with Gasteiger partial charge in [-0.25, -0.2) is 9.78 Å². The molecule has 6 heteroatoms. The summed E-state index contributed by atoms with van der Waals surface area (Å²) in [6.45, 7) is 6.01. The van der Waals surface area contributed by atoms with Crippen LogP contribution in [0.3, 0.4) is 0 Å². The number of hydrogen-bond acceptors (Lipinski definition) is 4. The summed E-state index contributed by atoms with van der Waals surface area (Å²) in [5.41, 5.74) is 2.55. The van der Waals surface area contributed by atoms with Crippen molar-refractivity contribution in [3.63, 3.8) is 0 Å². The van der Waals surface area contributed by atoms with Gasteiger partial charge in [0, 0.05) is 12.4 Å². The number of nitrogens with zero attached hydrogens (tertiary/aromatic N) is 2. The summed E-state index contributed by atoms with van der Waals surface area (Å²) in [5.74, 6) is -0.649. The van der Waals surface area contributed by atoms with Gasteiger partial charge in [-0.05, 0) is 31.9 Å². The highest BCUT2D eigenvalue weighted by molar-refractivity contribution is 5.85. The van der Waals surface area contributed by atoms with Gasteiger partial charge >= 0.3 is 5.97 Å². The van der Waals surface area contributed by atoms with Crippen LogP contribution in [0.4, 0.5) is 0 Å². The fourth-order valence-electron chi connectivity index (χ4n) is 2.25. The molecule has 2 aromatic heterocycles. The minimum absolute atomic E-state index is 0.133. The highest BCUT2D eigenvalue weighted by Gasteiger charge is 2.17. The van der Waals surface area contributed by atoms with E-state index in [1.54, 1.807) is 6.92 Å². The molecule has 0 radical (unpaired) electrons. The fourth-order valence-corrected chi connectivity index (χ4v) is 2.25. The van der Waals surface area contributed by atoms with Gasteiger partial charge in [-0.3, -0.25) is 4.79 Å². The summed E-state index contributed by atoms with van der Waals surface area (Å²) in [5, 5.41) is 2.65. The van der Waals surface area contributed by atoms with E-state index in [4.69, 9.17) is 4.74 Å². The Morgan fingerprint density at radius 1 is 1.43 bits per heavy atom. The Kier molecular flexibility index (Phi) is 5.73. The van der Waals surface area contributed by atoms with Crippen LogP contribution < -0.4 is 5.32 Å². The molecule has 23 heavy (non-hydrogen) atoms. The number of esters is 1. The van der Waals surface area contributed by atoms with Gasteiger partial charge in [0.25, 0.3) is 0 Å². The molecule has 0 spiro atoms. The lowest BCUT2D eigenvalue weighted by atomic mass is 10.2. The largest absolute Gasteiger partial charge is 0.464 e. The fraction of sp³-hybridized carbons (Fsp3) is 0.471. The molecule has 2 aromatic rings. The van der Waals surface area contributed by atoms with Crippen LogP contribution in [0.1, 0.15) is 37.9 Å². The van der Waals surface area contributed by atoms with Crippen LogP contribution in [0.2, 0.25) is 0 Å². The molecule has 0 aromatic carbocycles. The molecule has 2 heterocycles. The maximum absolute atomic E-state index is 12.1. The maximum Gasteiger partial charge on any atom is 0.328 e. The molecule has 2 rings (SSSR count). The van der Waals surface area contributed by atoms with Crippen LogP contribution in [0.25, 0.3) is 5.65 Å². The van der Waals surface area contributed by atoms with E-state index in [1.165, 1.54) is 0 Å². The molecule has 0 aliphatic carbocycles. The van der Waals surface area contributed by atoms with E-state index >= 15 is 0 Å². The topological polar surface area (TPSA) is 72.7 Å². The maximum atomic E-state index is 12.1. The zero-order chi connectivity index (χ0) is 16.8.